The van der Waals surface area contributed by atoms with E-state index in [1.807, 2.05) is 61.5 Å². The molecule has 6 nitrogen and oxygen atoms in total. The Kier molecular flexibility index (Phi) is 8.13. The van der Waals surface area contributed by atoms with E-state index in [1.165, 1.54) is 24.0 Å². The third-order valence-electron chi connectivity index (χ3n) is 6.53. The van der Waals surface area contributed by atoms with Crippen LogP contribution in [0.3, 0.4) is 0 Å². The van der Waals surface area contributed by atoms with Crippen molar-refractivity contribution >= 4 is 46.0 Å². The van der Waals surface area contributed by atoms with Crippen molar-refractivity contribution in [3.05, 3.63) is 130 Å². The molecule has 1 aliphatic rings. The molecular formula is C31H27IN2O4S. The average Bonchev–Trinajstić information content (AvgIpc) is 3.26. The fourth-order valence-electron chi connectivity index (χ4n) is 4.54. The predicted molar refractivity (Wildman–Crippen MR) is 162 cm³/mol. The van der Waals surface area contributed by atoms with Crippen LogP contribution in [-0.2, 0) is 16.1 Å². The molecule has 1 aliphatic heterocycles. The summed E-state index contributed by atoms with van der Waals surface area (Å²) in [5.74, 6) is 0.309. The van der Waals surface area contributed by atoms with Crippen LogP contribution in [0, 0.1) is 10.5 Å². The molecule has 0 unspecified atom stereocenters. The summed E-state index contributed by atoms with van der Waals surface area (Å²) in [4.78, 5) is 32.0. The van der Waals surface area contributed by atoms with Gasteiger partial charge in [-0.2, -0.15) is 0 Å². The Bertz CT molecular complexity index is 1740. The third-order valence-corrected chi connectivity index (χ3v) is 8.36. The first-order chi connectivity index (χ1) is 18.9. The molecule has 3 aromatic carbocycles. The number of carbonyl (C=O) groups excluding carboxylic acids is 1. The second kappa shape index (κ2) is 11.7. The highest BCUT2D eigenvalue weighted by Crippen LogP contribution is 2.31. The fraction of sp³-hybridized carbons (Fsp3) is 0.194. The summed E-state index contributed by atoms with van der Waals surface area (Å²) in [5, 5.41) is 0. The van der Waals surface area contributed by atoms with Crippen LogP contribution in [0.15, 0.2) is 93.9 Å². The van der Waals surface area contributed by atoms with Crippen LogP contribution in [0.5, 0.6) is 5.75 Å². The van der Waals surface area contributed by atoms with E-state index in [0.717, 1.165) is 26.0 Å². The van der Waals surface area contributed by atoms with Gasteiger partial charge in [0.1, 0.15) is 12.4 Å². The average molecular weight is 651 g/mol. The molecule has 0 saturated carbocycles. The van der Waals surface area contributed by atoms with Crippen LogP contribution in [0.2, 0.25) is 0 Å². The first-order valence-electron chi connectivity index (χ1n) is 12.6. The molecule has 0 fully saturated rings. The number of halogens is 1. The minimum Gasteiger partial charge on any atom is -0.488 e. The van der Waals surface area contributed by atoms with Gasteiger partial charge in [-0.3, -0.25) is 9.36 Å². The quantitative estimate of drug-likeness (QED) is 0.202. The molecule has 0 spiro atoms. The molecule has 4 aromatic rings. The first kappa shape index (κ1) is 27.1. The number of ether oxygens (including phenoxy) is 2. The van der Waals surface area contributed by atoms with Crippen LogP contribution in [0.1, 0.15) is 41.6 Å². The molecule has 39 heavy (non-hydrogen) atoms. The van der Waals surface area contributed by atoms with Crippen LogP contribution in [0.4, 0.5) is 0 Å². The van der Waals surface area contributed by atoms with Crippen molar-refractivity contribution in [1.29, 1.82) is 0 Å². The van der Waals surface area contributed by atoms with E-state index in [1.54, 1.807) is 4.57 Å². The number of esters is 1. The van der Waals surface area contributed by atoms with Crippen LogP contribution >= 0.6 is 33.9 Å². The lowest BCUT2D eigenvalue weighted by Gasteiger charge is -2.25. The van der Waals surface area contributed by atoms with Gasteiger partial charge in [0.2, 0.25) is 0 Å². The maximum Gasteiger partial charge on any atom is 0.338 e. The summed E-state index contributed by atoms with van der Waals surface area (Å²) < 4.78 is 14.3. The molecule has 8 heteroatoms. The van der Waals surface area contributed by atoms with Gasteiger partial charge in [-0.25, -0.2) is 9.79 Å². The topological polar surface area (TPSA) is 69.9 Å². The monoisotopic (exact) mass is 650 g/mol. The molecule has 0 N–H and O–H groups in total. The highest BCUT2D eigenvalue weighted by molar-refractivity contribution is 14.1. The Morgan fingerprint density at radius 2 is 1.85 bits per heavy atom. The number of benzene rings is 3. The van der Waals surface area contributed by atoms with E-state index in [-0.39, 0.29) is 5.56 Å². The summed E-state index contributed by atoms with van der Waals surface area (Å²) >= 11 is 3.58. The summed E-state index contributed by atoms with van der Waals surface area (Å²) in [6.07, 6.45) is 2.41. The Balaban J connectivity index is 1.53. The summed E-state index contributed by atoms with van der Waals surface area (Å²) in [6, 6.07) is 23.1. The predicted octanol–water partition coefficient (Wildman–Crippen LogP) is 5.29. The molecule has 198 valence electrons. The molecule has 0 saturated heterocycles. The maximum absolute atomic E-state index is 13.8. The lowest BCUT2D eigenvalue weighted by Crippen LogP contribution is -2.40. The summed E-state index contributed by atoms with van der Waals surface area (Å²) in [7, 11) is 1.35. The highest BCUT2D eigenvalue weighted by Gasteiger charge is 2.33. The van der Waals surface area contributed by atoms with Crippen molar-refractivity contribution in [2.45, 2.75) is 32.9 Å². The number of fused-ring (bicyclic) bond motifs is 1. The number of hydrogen-bond donors (Lipinski definition) is 0. The second-order valence-corrected chi connectivity index (χ2v) is 11.3. The fourth-order valence-corrected chi connectivity index (χ4v) is 6.25. The van der Waals surface area contributed by atoms with Crippen molar-refractivity contribution in [1.82, 2.24) is 4.57 Å². The number of methoxy groups -OCH3 is 1. The summed E-state index contributed by atoms with van der Waals surface area (Å²) in [6.45, 7) is 4.49. The van der Waals surface area contributed by atoms with Crippen molar-refractivity contribution in [2.75, 3.05) is 7.11 Å². The van der Waals surface area contributed by atoms with Crippen LogP contribution < -0.4 is 19.6 Å². The number of thiazole rings is 1. The molecule has 1 atom stereocenters. The van der Waals surface area contributed by atoms with E-state index in [0.29, 0.717) is 33.6 Å². The zero-order chi connectivity index (χ0) is 27.5. The molecule has 0 bridgehead atoms. The molecule has 1 aromatic heterocycles. The lowest BCUT2D eigenvalue weighted by atomic mass is 9.95. The molecule has 0 amide bonds. The Morgan fingerprint density at radius 3 is 2.51 bits per heavy atom. The molecule has 5 rings (SSSR count). The maximum atomic E-state index is 13.8. The Morgan fingerprint density at radius 1 is 1.10 bits per heavy atom. The van der Waals surface area contributed by atoms with Crippen molar-refractivity contribution in [3.8, 4) is 5.75 Å². The van der Waals surface area contributed by atoms with E-state index in [2.05, 4.69) is 53.8 Å². The SMILES string of the molecule is CCC1=C(C(=O)OC)[C@@H](c2ccccc2)n2c(s/c(=C\c3ccc(OCc4ccc(C)cc4)c(I)c3)c2=O)=N1. The normalized spacial score (nSPS) is 15.1. The van der Waals surface area contributed by atoms with Gasteiger partial charge in [-0.1, -0.05) is 84.5 Å². The molecular weight excluding hydrogens is 623 g/mol. The number of nitrogens with zero attached hydrogens (tertiary/aromatic N) is 2. The van der Waals surface area contributed by atoms with Gasteiger partial charge < -0.3 is 9.47 Å². The minimum absolute atomic E-state index is 0.195. The third kappa shape index (κ3) is 5.62. The van der Waals surface area contributed by atoms with E-state index >= 15 is 0 Å². The standard InChI is InChI=1S/C31H27IN2O4S/c1-4-24-27(30(36)37-3)28(22-8-6-5-7-9-22)34-29(35)26(39-31(34)33-24)17-21-14-15-25(23(32)16-21)38-18-20-12-10-19(2)11-13-20/h5-17,28H,4,18H2,1-3H3/b26-17-/t28-/m1/s1. The number of rotatable bonds is 7. The van der Waals surface area contributed by atoms with Gasteiger partial charge >= 0.3 is 5.97 Å². The zero-order valence-corrected chi connectivity index (χ0v) is 24.8. The van der Waals surface area contributed by atoms with E-state index < -0.39 is 12.0 Å². The highest BCUT2D eigenvalue weighted by atomic mass is 127. The van der Waals surface area contributed by atoms with Gasteiger partial charge in [-0.05, 0) is 70.8 Å². The first-order valence-corrected chi connectivity index (χ1v) is 14.4. The molecule has 0 radical (unpaired) electrons. The van der Waals surface area contributed by atoms with E-state index in [4.69, 9.17) is 14.5 Å². The Hall–Kier alpha value is -3.50. The Labute approximate surface area is 244 Å². The van der Waals surface area contributed by atoms with Gasteiger partial charge in [0.15, 0.2) is 4.80 Å². The second-order valence-electron chi connectivity index (χ2n) is 9.16. The van der Waals surface area contributed by atoms with Gasteiger partial charge in [0.05, 0.1) is 32.5 Å². The van der Waals surface area contributed by atoms with Gasteiger partial charge in [0, 0.05) is 0 Å². The number of carbonyl (C=O) groups is 1. The zero-order valence-electron chi connectivity index (χ0n) is 21.8. The van der Waals surface area contributed by atoms with Crippen LogP contribution in [-0.4, -0.2) is 17.6 Å². The number of aromatic nitrogens is 1. The van der Waals surface area contributed by atoms with Gasteiger partial charge in [-0.15, -0.1) is 0 Å². The van der Waals surface area contributed by atoms with Crippen molar-refractivity contribution < 1.29 is 14.3 Å². The number of allylic oxidation sites excluding steroid dienone is 1. The number of aryl methyl sites for hydroxylation is 1. The van der Waals surface area contributed by atoms with Gasteiger partial charge in [0.25, 0.3) is 5.56 Å². The van der Waals surface area contributed by atoms with Crippen LogP contribution in [0.25, 0.3) is 6.08 Å². The minimum atomic E-state index is -0.607. The molecule has 2 heterocycles. The smallest absolute Gasteiger partial charge is 0.338 e. The largest absolute Gasteiger partial charge is 0.488 e. The van der Waals surface area contributed by atoms with Crippen molar-refractivity contribution in [2.24, 2.45) is 4.99 Å². The molecule has 0 aliphatic carbocycles. The summed E-state index contributed by atoms with van der Waals surface area (Å²) in [5.41, 5.74) is 4.86. The van der Waals surface area contributed by atoms with E-state index in [9.17, 15) is 9.59 Å². The van der Waals surface area contributed by atoms with Crippen molar-refractivity contribution in [3.63, 3.8) is 0 Å². The number of hydrogen-bond acceptors (Lipinski definition) is 6. The lowest BCUT2D eigenvalue weighted by molar-refractivity contribution is -0.136.